The van der Waals surface area contributed by atoms with E-state index in [0.29, 0.717) is 24.1 Å². The topological polar surface area (TPSA) is 45.4 Å². The van der Waals surface area contributed by atoms with Crippen LogP contribution >= 0.6 is 0 Å². The molecule has 0 bridgehead atoms. The fourth-order valence-corrected chi connectivity index (χ4v) is 2.26. The van der Waals surface area contributed by atoms with Crippen LogP contribution in [0.3, 0.4) is 0 Å². The molecule has 98 valence electrons. The van der Waals surface area contributed by atoms with Gasteiger partial charge in [0.05, 0.1) is 6.26 Å². The third-order valence-electron chi connectivity index (χ3n) is 2.84. The zero-order chi connectivity index (χ0) is 12.8. The molecule has 3 unspecified atom stereocenters. The van der Waals surface area contributed by atoms with Crippen LogP contribution < -0.4 is 5.32 Å². The Bertz CT molecular complexity index is 295. The van der Waals surface area contributed by atoms with Gasteiger partial charge in [0, 0.05) is 12.1 Å². The second-order valence-electron chi connectivity index (χ2n) is 5.37. The van der Waals surface area contributed by atoms with E-state index in [4.69, 9.17) is 4.42 Å². The highest BCUT2D eigenvalue weighted by atomic mass is 16.4. The summed E-state index contributed by atoms with van der Waals surface area (Å²) >= 11 is 0. The van der Waals surface area contributed by atoms with Crippen LogP contribution in [0.2, 0.25) is 0 Å². The van der Waals surface area contributed by atoms with E-state index in [2.05, 4.69) is 33.0 Å². The van der Waals surface area contributed by atoms with Crippen LogP contribution in [0.4, 0.5) is 0 Å². The van der Waals surface area contributed by atoms with Crippen LogP contribution in [0.15, 0.2) is 22.8 Å². The average molecular weight is 239 g/mol. The van der Waals surface area contributed by atoms with Gasteiger partial charge in [0.15, 0.2) is 0 Å². The molecule has 0 saturated heterocycles. The number of nitrogens with one attached hydrogen (secondary N) is 1. The monoisotopic (exact) mass is 239 g/mol. The Kier molecular flexibility index (Phi) is 5.72. The molecule has 1 aromatic heterocycles. The van der Waals surface area contributed by atoms with Gasteiger partial charge >= 0.3 is 0 Å². The van der Waals surface area contributed by atoms with Gasteiger partial charge in [-0.1, -0.05) is 13.8 Å². The predicted molar refractivity (Wildman–Crippen MR) is 69.8 cm³/mol. The first kappa shape index (κ1) is 14.3. The Hall–Kier alpha value is -0.800. The van der Waals surface area contributed by atoms with Crippen LogP contribution in [0.25, 0.3) is 0 Å². The number of furan rings is 1. The van der Waals surface area contributed by atoms with E-state index in [0.717, 1.165) is 6.42 Å². The molecule has 1 aromatic rings. The fraction of sp³-hybridized carbons (Fsp3) is 0.714. The number of aliphatic hydroxyl groups is 1. The maximum Gasteiger partial charge on any atom is 0.132 e. The quantitative estimate of drug-likeness (QED) is 0.768. The normalized spacial score (nSPS) is 17.1. The molecule has 0 aromatic carbocycles. The van der Waals surface area contributed by atoms with E-state index >= 15 is 0 Å². The van der Waals surface area contributed by atoms with Crippen molar-refractivity contribution >= 4 is 0 Å². The molecule has 0 aliphatic heterocycles. The summed E-state index contributed by atoms with van der Waals surface area (Å²) in [6, 6.07) is 4.38. The third kappa shape index (κ3) is 5.37. The van der Waals surface area contributed by atoms with Gasteiger partial charge in [-0.05, 0) is 44.7 Å². The van der Waals surface area contributed by atoms with Crippen molar-refractivity contribution < 1.29 is 9.52 Å². The van der Waals surface area contributed by atoms with E-state index in [1.54, 1.807) is 12.3 Å². The Labute approximate surface area is 104 Å². The summed E-state index contributed by atoms with van der Waals surface area (Å²) in [5.41, 5.74) is 0. The Balaban J connectivity index is 2.31. The van der Waals surface area contributed by atoms with Crippen molar-refractivity contribution in [3.8, 4) is 0 Å². The van der Waals surface area contributed by atoms with Crippen LogP contribution in [0, 0.1) is 5.92 Å². The molecule has 3 nitrogen and oxygen atoms in total. The lowest BCUT2D eigenvalue weighted by Crippen LogP contribution is -2.36. The summed E-state index contributed by atoms with van der Waals surface area (Å²) in [6.07, 6.45) is 2.91. The van der Waals surface area contributed by atoms with Gasteiger partial charge < -0.3 is 14.8 Å². The average Bonchev–Trinajstić information content (AvgIpc) is 2.67. The zero-order valence-electron chi connectivity index (χ0n) is 11.3. The van der Waals surface area contributed by atoms with Crippen molar-refractivity contribution in [1.82, 2.24) is 5.32 Å². The highest BCUT2D eigenvalue weighted by Crippen LogP contribution is 2.19. The number of hydrogen-bond acceptors (Lipinski definition) is 3. The first-order chi connectivity index (χ1) is 7.99. The molecular formula is C14H25NO2. The number of rotatable bonds is 7. The maximum absolute atomic E-state index is 9.94. The van der Waals surface area contributed by atoms with E-state index in [1.165, 1.54) is 0 Å². The largest absolute Gasteiger partial charge is 0.467 e. The lowest BCUT2D eigenvalue weighted by molar-refractivity contribution is 0.126. The van der Waals surface area contributed by atoms with Crippen molar-refractivity contribution in [3.63, 3.8) is 0 Å². The molecule has 0 aliphatic carbocycles. The fourth-order valence-electron chi connectivity index (χ4n) is 2.26. The van der Waals surface area contributed by atoms with Gasteiger partial charge in [0.1, 0.15) is 11.9 Å². The molecule has 1 heterocycles. The van der Waals surface area contributed by atoms with Crippen molar-refractivity contribution in [2.45, 2.75) is 58.7 Å². The van der Waals surface area contributed by atoms with Gasteiger partial charge in [-0.25, -0.2) is 0 Å². The highest BCUT2D eigenvalue weighted by molar-refractivity contribution is 5.02. The molecule has 17 heavy (non-hydrogen) atoms. The molecule has 1 rings (SSSR count). The molecule has 3 atom stereocenters. The van der Waals surface area contributed by atoms with Crippen LogP contribution in [0.5, 0.6) is 0 Å². The Morgan fingerprint density at radius 3 is 2.35 bits per heavy atom. The van der Waals surface area contributed by atoms with Crippen LogP contribution in [0.1, 0.15) is 52.4 Å². The Morgan fingerprint density at radius 2 is 1.82 bits per heavy atom. The summed E-state index contributed by atoms with van der Waals surface area (Å²) < 4.78 is 5.19. The van der Waals surface area contributed by atoms with Crippen molar-refractivity contribution in [3.05, 3.63) is 24.2 Å². The smallest absolute Gasteiger partial charge is 0.132 e. The maximum atomic E-state index is 9.94. The number of aliphatic hydroxyl groups excluding tert-OH is 1. The number of hydrogen-bond donors (Lipinski definition) is 2. The van der Waals surface area contributed by atoms with Crippen molar-refractivity contribution in [2.75, 3.05) is 0 Å². The van der Waals surface area contributed by atoms with E-state index in [9.17, 15) is 5.11 Å². The minimum atomic E-state index is -0.515. The molecule has 0 aliphatic rings. The van der Waals surface area contributed by atoms with Gasteiger partial charge in [0.25, 0.3) is 0 Å². The minimum absolute atomic E-state index is 0.281. The highest BCUT2D eigenvalue weighted by Gasteiger charge is 2.16. The van der Waals surface area contributed by atoms with E-state index in [-0.39, 0.29) is 6.04 Å². The summed E-state index contributed by atoms with van der Waals surface area (Å²) in [7, 11) is 0. The van der Waals surface area contributed by atoms with Gasteiger partial charge in [-0.2, -0.15) is 0 Å². The van der Waals surface area contributed by atoms with Gasteiger partial charge in [0.2, 0.25) is 0 Å². The minimum Gasteiger partial charge on any atom is -0.467 e. The molecule has 3 heteroatoms. The SMILES string of the molecule is CC(C)CC(C)NC(C)CC(O)c1ccco1. The second-order valence-corrected chi connectivity index (χ2v) is 5.37. The lowest BCUT2D eigenvalue weighted by Gasteiger charge is -2.22. The third-order valence-corrected chi connectivity index (χ3v) is 2.84. The second kappa shape index (κ2) is 6.82. The molecule has 0 fully saturated rings. The standard InChI is InChI=1S/C14H25NO2/c1-10(2)8-11(3)15-12(4)9-13(16)14-6-5-7-17-14/h5-7,10-13,15-16H,8-9H2,1-4H3. The summed E-state index contributed by atoms with van der Waals surface area (Å²) in [5.74, 6) is 1.34. The van der Waals surface area contributed by atoms with Crippen molar-refractivity contribution in [1.29, 1.82) is 0 Å². The molecule has 0 amide bonds. The van der Waals surface area contributed by atoms with Crippen LogP contribution in [-0.4, -0.2) is 17.2 Å². The zero-order valence-corrected chi connectivity index (χ0v) is 11.3. The Morgan fingerprint density at radius 1 is 1.18 bits per heavy atom. The molecule has 0 saturated carbocycles. The first-order valence-corrected chi connectivity index (χ1v) is 6.46. The van der Waals surface area contributed by atoms with E-state index < -0.39 is 6.10 Å². The molecule has 0 radical (unpaired) electrons. The first-order valence-electron chi connectivity index (χ1n) is 6.46. The summed E-state index contributed by atoms with van der Waals surface area (Å²) in [4.78, 5) is 0. The molecule has 0 spiro atoms. The molecular weight excluding hydrogens is 214 g/mol. The molecule has 2 N–H and O–H groups in total. The lowest BCUT2D eigenvalue weighted by atomic mass is 10.0. The summed E-state index contributed by atoms with van der Waals surface area (Å²) in [6.45, 7) is 8.74. The predicted octanol–water partition coefficient (Wildman–Crippen LogP) is 3.12. The van der Waals surface area contributed by atoms with Gasteiger partial charge in [-0.15, -0.1) is 0 Å². The van der Waals surface area contributed by atoms with Gasteiger partial charge in [-0.3, -0.25) is 0 Å². The van der Waals surface area contributed by atoms with Crippen molar-refractivity contribution in [2.24, 2.45) is 5.92 Å². The van der Waals surface area contributed by atoms with Crippen LogP contribution in [-0.2, 0) is 0 Å². The summed E-state index contributed by atoms with van der Waals surface area (Å²) in [5, 5.41) is 13.4. The van der Waals surface area contributed by atoms with E-state index in [1.807, 2.05) is 6.07 Å².